The second-order valence-corrected chi connectivity index (χ2v) is 14.4. The van der Waals surface area contributed by atoms with Gasteiger partial charge in [-0.05, 0) is 73.8 Å². The van der Waals surface area contributed by atoms with Gasteiger partial charge >= 0.3 is 0 Å². The summed E-state index contributed by atoms with van der Waals surface area (Å²) in [5, 5.41) is 11.4. The molecule has 0 N–H and O–H groups in total. The SMILES string of the molecule is c1ccc(-c2nc(-c3cc4oc5ccccc5c4c4ccccc34)nc(-n3c4ccc(-c5cccc6ccccc56)cc4c4c5ccccc5ccc43)n2)cc1. The first kappa shape index (κ1) is 30.8. The van der Waals surface area contributed by atoms with Crippen molar-refractivity contribution in [2.24, 2.45) is 0 Å². The van der Waals surface area contributed by atoms with Gasteiger partial charge in [-0.2, -0.15) is 9.97 Å². The highest BCUT2D eigenvalue weighted by atomic mass is 16.3. The minimum Gasteiger partial charge on any atom is -0.456 e. The largest absolute Gasteiger partial charge is 0.456 e. The van der Waals surface area contributed by atoms with E-state index in [-0.39, 0.29) is 0 Å². The smallest absolute Gasteiger partial charge is 0.238 e. The molecule has 12 rings (SSSR count). The fraction of sp³-hybridized carbons (Fsp3) is 0. The van der Waals surface area contributed by atoms with Crippen molar-refractivity contribution in [3.8, 4) is 39.9 Å². The standard InChI is InChI=1S/C51H30N4O/c1-2-15-33(16-3-1)49-52-50(41-30-46-48(39-21-9-8-20-38(39)41)40-22-10-11-24-45(40)56-46)54-51(53-49)55-43-27-26-34(36-23-12-17-31-13-4-6-18-35(31)36)29-42(43)47-37-19-7-5-14-32(37)25-28-44(47)55/h1-30H. The molecule has 5 heteroatoms. The number of para-hydroxylation sites is 1. The van der Waals surface area contributed by atoms with Crippen LogP contribution in [0.2, 0.25) is 0 Å². The van der Waals surface area contributed by atoms with Crippen molar-refractivity contribution in [3.63, 3.8) is 0 Å². The molecule has 0 aliphatic carbocycles. The summed E-state index contributed by atoms with van der Waals surface area (Å²) in [7, 11) is 0. The van der Waals surface area contributed by atoms with Crippen molar-refractivity contribution in [1.82, 2.24) is 19.5 Å². The molecule has 3 aromatic heterocycles. The lowest BCUT2D eigenvalue weighted by Gasteiger charge is -2.13. The first-order valence-corrected chi connectivity index (χ1v) is 18.9. The van der Waals surface area contributed by atoms with Gasteiger partial charge in [0.15, 0.2) is 11.6 Å². The van der Waals surface area contributed by atoms with Crippen LogP contribution in [0.4, 0.5) is 0 Å². The fourth-order valence-electron chi connectivity index (χ4n) is 8.73. The molecule has 0 spiro atoms. The fourth-order valence-corrected chi connectivity index (χ4v) is 8.73. The average molecular weight is 715 g/mol. The average Bonchev–Trinajstić information content (AvgIpc) is 3.82. The summed E-state index contributed by atoms with van der Waals surface area (Å²) in [6.07, 6.45) is 0. The van der Waals surface area contributed by atoms with Crippen LogP contribution < -0.4 is 0 Å². The summed E-state index contributed by atoms with van der Waals surface area (Å²) in [5.41, 5.74) is 7.87. The van der Waals surface area contributed by atoms with Crippen LogP contribution >= 0.6 is 0 Å². The number of nitrogens with zero attached hydrogens (tertiary/aromatic N) is 4. The van der Waals surface area contributed by atoms with Crippen LogP contribution in [-0.2, 0) is 0 Å². The third-order valence-electron chi connectivity index (χ3n) is 11.2. The Morgan fingerprint density at radius 1 is 0.357 bits per heavy atom. The zero-order valence-corrected chi connectivity index (χ0v) is 30.0. The highest BCUT2D eigenvalue weighted by Gasteiger charge is 2.22. The molecule has 12 aromatic rings. The maximum atomic E-state index is 6.49. The summed E-state index contributed by atoms with van der Waals surface area (Å²) in [6.45, 7) is 0. The van der Waals surface area contributed by atoms with Gasteiger partial charge in [0, 0.05) is 32.7 Å². The van der Waals surface area contributed by atoms with E-state index < -0.39 is 0 Å². The van der Waals surface area contributed by atoms with Gasteiger partial charge < -0.3 is 4.42 Å². The quantitative estimate of drug-likeness (QED) is 0.182. The monoisotopic (exact) mass is 714 g/mol. The maximum absolute atomic E-state index is 6.49. The van der Waals surface area contributed by atoms with Gasteiger partial charge in [0.25, 0.3) is 0 Å². The lowest BCUT2D eigenvalue weighted by atomic mass is 9.96. The third kappa shape index (κ3) is 4.58. The molecule has 0 saturated carbocycles. The first-order chi connectivity index (χ1) is 27.8. The number of aromatic nitrogens is 4. The Morgan fingerprint density at radius 3 is 1.88 bits per heavy atom. The van der Waals surface area contributed by atoms with Gasteiger partial charge in [-0.15, -0.1) is 0 Å². The molecule has 0 aliphatic heterocycles. The molecule has 0 bridgehead atoms. The van der Waals surface area contributed by atoms with Crippen molar-refractivity contribution >= 4 is 76.1 Å². The minimum absolute atomic E-state index is 0.552. The van der Waals surface area contributed by atoms with E-state index in [2.05, 4.69) is 156 Å². The van der Waals surface area contributed by atoms with Gasteiger partial charge in [-0.3, -0.25) is 4.57 Å². The summed E-state index contributed by atoms with van der Waals surface area (Å²) in [6, 6.07) is 63.9. The van der Waals surface area contributed by atoms with E-state index in [0.29, 0.717) is 17.6 Å². The molecular formula is C51H30N4O. The molecule has 0 unspecified atom stereocenters. The maximum Gasteiger partial charge on any atom is 0.238 e. The van der Waals surface area contributed by atoms with E-state index in [4.69, 9.17) is 19.4 Å². The second kappa shape index (κ2) is 11.9. The molecule has 0 atom stereocenters. The van der Waals surface area contributed by atoms with Crippen molar-refractivity contribution in [2.75, 3.05) is 0 Å². The van der Waals surface area contributed by atoms with Crippen molar-refractivity contribution in [3.05, 3.63) is 182 Å². The van der Waals surface area contributed by atoms with Gasteiger partial charge in [-0.1, -0.05) is 152 Å². The number of fused-ring (bicyclic) bond motifs is 11. The number of hydrogen-bond donors (Lipinski definition) is 0. The van der Waals surface area contributed by atoms with Crippen LogP contribution in [0, 0.1) is 0 Å². The van der Waals surface area contributed by atoms with E-state index in [9.17, 15) is 0 Å². The van der Waals surface area contributed by atoms with Crippen molar-refractivity contribution in [1.29, 1.82) is 0 Å². The molecule has 0 fully saturated rings. The van der Waals surface area contributed by atoms with Crippen LogP contribution in [0.15, 0.2) is 186 Å². The van der Waals surface area contributed by atoms with Crippen LogP contribution in [0.3, 0.4) is 0 Å². The molecule has 0 aliphatic rings. The van der Waals surface area contributed by atoms with Gasteiger partial charge in [0.05, 0.1) is 11.0 Å². The minimum atomic E-state index is 0.552. The highest BCUT2D eigenvalue weighted by molar-refractivity contribution is 6.23. The molecule has 56 heavy (non-hydrogen) atoms. The molecule has 3 heterocycles. The van der Waals surface area contributed by atoms with Gasteiger partial charge in [-0.25, -0.2) is 4.98 Å². The van der Waals surface area contributed by atoms with Crippen molar-refractivity contribution in [2.45, 2.75) is 0 Å². The third-order valence-corrected chi connectivity index (χ3v) is 11.2. The lowest BCUT2D eigenvalue weighted by Crippen LogP contribution is -2.06. The molecule has 0 radical (unpaired) electrons. The zero-order valence-electron chi connectivity index (χ0n) is 30.0. The van der Waals surface area contributed by atoms with E-state index >= 15 is 0 Å². The predicted molar refractivity (Wildman–Crippen MR) is 230 cm³/mol. The second-order valence-electron chi connectivity index (χ2n) is 14.4. The summed E-state index contributed by atoms with van der Waals surface area (Å²) in [4.78, 5) is 15.9. The van der Waals surface area contributed by atoms with E-state index in [1.807, 2.05) is 30.3 Å². The van der Waals surface area contributed by atoms with Crippen LogP contribution in [-0.4, -0.2) is 19.5 Å². The molecule has 260 valence electrons. The molecular weight excluding hydrogens is 685 g/mol. The Kier molecular flexibility index (Phi) is 6.56. The topological polar surface area (TPSA) is 56.7 Å². The lowest BCUT2D eigenvalue weighted by molar-refractivity contribution is 0.669. The van der Waals surface area contributed by atoms with E-state index in [1.54, 1.807) is 0 Å². The summed E-state index contributed by atoms with van der Waals surface area (Å²) < 4.78 is 8.71. The van der Waals surface area contributed by atoms with Gasteiger partial charge in [0.2, 0.25) is 5.95 Å². The number of hydrogen-bond acceptors (Lipinski definition) is 4. The number of furan rings is 1. The Hall–Kier alpha value is -7.63. The predicted octanol–water partition coefficient (Wildman–Crippen LogP) is 13.3. The summed E-state index contributed by atoms with van der Waals surface area (Å²) in [5.74, 6) is 1.73. The summed E-state index contributed by atoms with van der Waals surface area (Å²) >= 11 is 0. The normalized spacial score (nSPS) is 11.9. The van der Waals surface area contributed by atoms with Crippen LogP contribution in [0.25, 0.3) is 116 Å². The Labute approximate surface area is 320 Å². The Morgan fingerprint density at radius 2 is 1.02 bits per heavy atom. The molecule has 0 saturated heterocycles. The zero-order chi connectivity index (χ0) is 36.7. The van der Waals surface area contributed by atoms with Crippen LogP contribution in [0.1, 0.15) is 0 Å². The number of benzene rings is 9. The van der Waals surface area contributed by atoms with Gasteiger partial charge in [0.1, 0.15) is 11.2 Å². The Balaban J connectivity index is 1.17. The molecule has 5 nitrogen and oxygen atoms in total. The van der Waals surface area contributed by atoms with Crippen molar-refractivity contribution < 1.29 is 4.42 Å². The van der Waals surface area contributed by atoms with E-state index in [1.165, 1.54) is 27.1 Å². The molecule has 9 aromatic carbocycles. The Bertz CT molecular complexity index is 3540. The number of rotatable bonds is 4. The molecule has 0 amide bonds. The highest BCUT2D eigenvalue weighted by Crippen LogP contribution is 2.42. The first-order valence-electron chi connectivity index (χ1n) is 18.9. The van der Waals surface area contributed by atoms with E-state index in [0.717, 1.165) is 71.2 Å². The van der Waals surface area contributed by atoms with Crippen LogP contribution in [0.5, 0.6) is 0 Å².